The summed E-state index contributed by atoms with van der Waals surface area (Å²) in [5.74, 6) is -1.17. The maximum absolute atomic E-state index is 14.6. The van der Waals surface area contributed by atoms with E-state index in [2.05, 4.69) is 26.1 Å². The normalized spacial score (nSPS) is 28.3. The number of nitrogens with zero attached hydrogens (tertiary/aromatic N) is 1. The first kappa shape index (κ1) is 26.8. The summed E-state index contributed by atoms with van der Waals surface area (Å²) < 4.78 is 40.9. The van der Waals surface area contributed by atoms with E-state index in [1.54, 1.807) is 32.4 Å². The van der Waals surface area contributed by atoms with Gasteiger partial charge in [-0.05, 0) is 18.6 Å². The van der Waals surface area contributed by atoms with E-state index in [4.69, 9.17) is 0 Å². The van der Waals surface area contributed by atoms with Gasteiger partial charge < -0.3 is 20.9 Å². The van der Waals surface area contributed by atoms with Crippen LogP contribution in [0.4, 0.5) is 13.2 Å². The molecule has 0 aromatic heterocycles. The minimum Gasteiger partial charge on any atom is -0.524 e. The van der Waals surface area contributed by atoms with Gasteiger partial charge in [-0.25, -0.2) is 13.2 Å². The predicted octanol–water partition coefficient (Wildman–Crippen LogP) is 4.22. The third kappa shape index (κ3) is 9.19. The van der Waals surface area contributed by atoms with Gasteiger partial charge in [0.05, 0.1) is 0 Å². The van der Waals surface area contributed by atoms with Crippen LogP contribution in [0.5, 0.6) is 0 Å². The molecule has 0 aromatic carbocycles. The quantitative estimate of drug-likeness (QED) is 0.374. The molecular formula is C20H31F3N2OU. The molecule has 27 heavy (non-hydrogen) atoms. The molecule has 7 heteroatoms. The van der Waals surface area contributed by atoms with Crippen LogP contribution in [0.15, 0.2) is 23.8 Å². The van der Waals surface area contributed by atoms with Crippen molar-refractivity contribution in [2.75, 3.05) is 19.6 Å². The second-order valence-electron chi connectivity index (χ2n) is 8.01. The molecule has 0 aromatic rings. The average Bonchev–Trinajstić information content (AvgIpc) is 2.52. The predicted molar refractivity (Wildman–Crippen MR) is 99.4 cm³/mol. The van der Waals surface area contributed by atoms with Crippen LogP contribution in [0.2, 0.25) is 0 Å². The molecular weight excluding hydrogens is 579 g/mol. The van der Waals surface area contributed by atoms with Crippen molar-refractivity contribution in [3.8, 4) is 0 Å². The topological polar surface area (TPSA) is 32.3 Å². The number of piperidine rings is 1. The van der Waals surface area contributed by atoms with Crippen molar-refractivity contribution in [1.29, 1.82) is 0 Å². The van der Waals surface area contributed by atoms with Gasteiger partial charge in [-0.15, -0.1) is 0 Å². The Morgan fingerprint density at radius 1 is 1.33 bits per heavy atom. The molecule has 0 saturated carbocycles. The maximum atomic E-state index is 14.6. The molecule has 1 aliphatic carbocycles. The van der Waals surface area contributed by atoms with Crippen LogP contribution >= 0.6 is 0 Å². The fourth-order valence-electron chi connectivity index (χ4n) is 2.91. The van der Waals surface area contributed by atoms with Crippen LogP contribution in [0.25, 0.3) is 0 Å². The van der Waals surface area contributed by atoms with Crippen LogP contribution in [-0.2, 0) is 4.79 Å². The van der Waals surface area contributed by atoms with Gasteiger partial charge in [-0.2, -0.15) is 27.2 Å². The van der Waals surface area contributed by atoms with Gasteiger partial charge >= 0.3 is 31.1 Å². The van der Waals surface area contributed by atoms with Gasteiger partial charge in [0.2, 0.25) is 0 Å². The molecule has 1 amide bonds. The Bertz CT molecular complexity index is 513. The fourth-order valence-corrected chi connectivity index (χ4v) is 2.91. The monoisotopic (exact) mass is 610 g/mol. The van der Waals surface area contributed by atoms with E-state index in [9.17, 15) is 18.0 Å². The Morgan fingerprint density at radius 3 is 2.30 bits per heavy atom. The van der Waals surface area contributed by atoms with E-state index >= 15 is 0 Å². The molecule has 3 nitrogen and oxygen atoms in total. The van der Waals surface area contributed by atoms with Crippen molar-refractivity contribution in [2.24, 2.45) is 5.41 Å². The summed E-state index contributed by atoms with van der Waals surface area (Å²) in [6.45, 7) is 10.8. The second kappa shape index (κ2) is 11.7. The van der Waals surface area contributed by atoms with Gasteiger partial charge in [-0.3, -0.25) is 0 Å². The summed E-state index contributed by atoms with van der Waals surface area (Å²) >= 11 is 0. The van der Waals surface area contributed by atoms with E-state index in [1.165, 1.54) is 12.0 Å². The second-order valence-corrected chi connectivity index (χ2v) is 8.01. The van der Waals surface area contributed by atoms with Crippen molar-refractivity contribution in [2.45, 2.75) is 65.6 Å². The Labute approximate surface area is 185 Å². The van der Waals surface area contributed by atoms with Crippen molar-refractivity contribution in [3.63, 3.8) is 0 Å². The van der Waals surface area contributed by atoms with E-state index in [1.807, 2.05) is 4.90 Å². The molecule has 1 saturated heterocycles. The number of hydrogen-bond donors (Lipinski definition) is 1. The van der Waals surface area contributed by atoms with Crippen LogP contribution in [0, 0.1) is 42.4 Å². The number of rotatable bonds is 5. The van der Waals surface area contributed by atoms with Crippen molar-refractivity contribution in [1.82, 2.24) is 10.2 Å². The summed E-state index contributed by atoms with van der Waals surface area (Å²) in [7, 11) is 0. The van der Waals surface area contributed by atoms with E-state index in [-0.39, 0.29) is 63.1 Å². The first-order valence-electron chi connectivity index (χ1n) is 9.04. The minimum absolute atomic E-state index is 0. The van der Waals surface area contributed by atoms with E-state index in [0.717, 1.165) is 0 Å². The number of alkyl halides is 3. The summed E-state index contributed by atoms with van der Waals surface area (Å²) in [5.41, 5.74) is -0.0423. The third-order valence-electron chi connectivity index (χ3n) is 4.55. The fraction of sp³-hybridized carbons (Fsp3) is 0.700. The maximum Gasteiger partial charge on any atom is 2.00 e. The number of nitrogens with one attached hydrogen (secondary N) is 1. The minimum atomic E-state index is -2.59. The first-order chi connectivity index (χ1) is 12.0. The largest absolute Gasteiger partial charge is 2.00 e. The summed E-state index contributed by atoms with van der Waals surface area (Å²) in [5, 5.41) is 2.47. The summed E-state index contributed by atoms with van der Waals surface area (Å²) in [6, 6.07) is -0.301. The van der Waals surface area contributed by atoms with Gasteiger partial charge in [0, 0.05) is 43.9 Å². The molecule has 2 aliphatic rings. The summed E-state index contributed by atoms with van der Waals surface area (Å²) in [6.07, 6.45) is 5.12. The standard InChI is InChI=1S/C16H22F3N2O.C4H9.U/c1-12(20-11-22)13-3-4-15(2,14(17)9-13)10-21-7-5-16(18,19)6-8-21;1-4(2)3;/h3-4,9,12,14H,5-8,10H2,1-2H3,(H,20,22);1-3H3;/q2*-1;+2/t12-,14?,15?;;/m0../s1. The van der Waals surface area contributed by atoms with Crippen LogP contribution in [0.1, 0.15) is 47.5 Å². The molecule has 1 heterocycles. The average molecular weight is 611 g/mol. The van der Waals surface area contributed by atoms with Crippen LogP contribution < -0.4 is 5.32 Å². The Balaban J connectivity index is 0.00000123. The molecule has 2 unspecified atom stereocenters. The molecule has 0 radical (unpaired) electrons. The summed E-state index contributed by atoms with van der Waals surface area (Å²) in [4.78, 5) is 12.2. The molecule has 152 valence electrons. The first-order valence-corrected chi connectivity index (χ1v) is 9.04. The SMILES string of the molecule is C[C-](C)C.C[C@H](N[C-]=O)C1=CC(F)C(C)(CN2CCC(F)(F)CC2)C=C1.[U+2]. The zero-order chi connectivity index (χ0) is 20.0. The van der Waals surface area contributed by atoms with Crippen LogP contribution in [-0.4, -0.2) is 49.1 Å². The number of allylic oxidation sites excluding steroid dienone is 1. The molecule has 1 fully saturated rings. The molecule has 3 atom stereocenters. The Morgan fingerprint density at radius 2 is 1.85 bits per heavy atom. The van der Waals surface area contributed by atoms with Crippen molar-refractivity contribution < 1.29 is 49.1 Å². The smallest absolute Gasteiger partial charge is 0.524 e. The van der Waals surface area contributed by atoms with Crippen LogP contribution in [0.3, 0.4) is 0 Å². The van der Waals surface area contributed by atoms with E-state index < -0.39 is 17.5 Å². The third-order valence-corrected chi connectivity index (χ3v) is 4.55. The number of likely N-dealkylation sites (tertiary alicyclic amines) is 1. The Kier molecular flexibility index (Phi) is 11.6. The molecule has 2 rings (SSSR count). The van der Waals surface area contributed by atoms with Crippen molar-refractivity contribution in [3.05, 3.63) is 29.7 Å². The molecule has 0 spiro atoms. The number of amides is 1. The zero-order valence-electron chi connectivity index (χ0n) is 16.9. The van der Waals surface area contributed by atoms with Gasteiger partial charge in [0.15, 0.2) is 0 Å². The van der Waals surface area contributed by atoms with Gasteiger partial charge in [-0.1, -0.05) is 19.1 Å². The number of hydrogen-bond acceptors (Lipinski definition) is 2. The van der Waals surface area contributed by atoms with Crippen molar-refractivity contribution >= 4 is 6.41 Å². The van der Waals surface area contributed by atoms with Gasteiger partial charge in [0.25, 0.3) is 5.92 Å². The number of halogens is 3. The van der Waals surface area contributed by atoms with Gasteiger partial charge in [0.1, 0.15) is 6.17 Å². The molecule has 1 N–H and O–H groups in total. The zero-order valence-corrected chi connectivity index (χ0v) is 21.1. The number of carbonyl (C=O) groups excluding carboxylic acids is 1. The molecule has 1 aliphatic heterocycles. The van der Waals surface area contributed by atoms with E-state index in [0.29, 0.717) is 12.1 Å². The Hall–Kier alpha value is -0.248. The molecule has 0 bridgehead atoms.